The van der Waals surface area contributed by atoms with Crippen molar-refractivity contribution in [2.45, 2.75) is 31.5 Å². The maximum atomic E-state index is 12.4. The number of benzene rings is 1. The van der Waals surface area contributed by atoms with Crippen molar-refractivity contribution in [2.75, 3.05) is 11.1 Å². The Morgan fingerprint density at radius 1 is 1.18 bits per heavy atom. The molecule has 1 unspecified atom stereocenters. The maximum absolute atomic E-state index is 12.4. The van der Waals surface area contributed by atoms with Gasteiger partial charge in [0, 0.05) is 17.7 Å². The zero-order valence-electron chi connectivity index (χ0n) is 17.8. The van der Waals surface area contributed by atoms with Gasteiger partial charge >= 0.3 is 11.9 Å². The van der Waals surface area contributed by atoms with Gasteiger partial charge in [0.25, 0.3) is 11.5 Å². The van der Waals surface area contributed by atoms with Crippen molar-refractivity contribution in [2.24, 2.45) is 0 Å². The standard InChI is InChI=1S/C20H21N7O7/c1-20(34,18(32)33)6-12(17(30)31)25-15(28)9-2-4-10(5-3-9)22-7-11-8-23-14-13(24-11)16(29)27-19(21)26-14/h2-5,8,12,22,34H,6-7H2,1H3,(H,25,28)(H,30,31)(H,32,33)(H3,21,23,26,27,29)/t12-,20?/m0/s1. The van der Waals surface area contributed by atoms with Gasteiger partial charge in [0.15, 0.2) is 16.8 Å². The average Bonchev–Trinajstić information content (AvgIpc) is 2.77. The van der Waals surface area contributed by atoms with Gasteiger partial charge < -0.3 is 31.7 Å². The van der Waals surface area contributed by atoms with Crippen molar-refractivity contribution in [1.29, 1.82) is 0 Å². The molecule has 0 saturated heterocycles. The number of carboxylic acids is 2. The fourth-order valence-corrected chi connectivity index (χ4v) is 2.91. The number of fused-ring (bicyclic) bond motifs is 1. The highest BCUT2D eigenvalue weighted by Gasteiger charge is 2.36. The Labute approximate surface area is 190 Å². The molecular weight excluding hydrogens is 450 g/mol. The number of aliphatic carboxylic acids is 2. The summed E-state index contributed by atoms with van der Waals surface area (Å²) >= 11 is 0. The molecule has 34 heavy (non-hydrogen) atoms. The van der Waals surface area contributed by atoms with Gasteiger partial charge in [0.05, 0.1) is 18.4 Å². The topological polar surface area (TPSA) is 234 Å². The number of nitrogen functional groups attached to an aromatic ring is 1. The largest absolute Gasteiger partial charge is 0.480 e. The molecule has 2 heterocycles. The van der Waals surface area contributed by atoms with Crippen LogP contribution in [0.5, 0.6) is 0 Å². The summed E-state index contributed by atoms with van der Waals surface area (Å²) in [6, 6.07) is 4.35. The second-order valence-corrected chi connectivity index (χ2v) is 7.56. The molecule has 0 aliphatic carbocycles. The van der Waals surface area contributed by atoms with Crippen LogP contribution in [0.4, 0.5) is 11.6 Å². The number of nitrogens with one attached hydrogen (secondary N) is 3. The van der Waals surface area contributed by atoms with E-state index in [4.69, 9.17) is 10.8 Å². The van der Waals surface area contributed by atoms with Gasteiger partial charge in [-0.2, -0.15) is 4.98 Å². The van der Waals surface area contributed by atoms with Crippen molar-refractivity contribution in [3.63, 3.8) is 0 Å². The lowest BCUT2D eigenvalue weighted by molar-refractivity contribution is -0.159. The minimum atomic E-state index is -2.33. The first kappa shape index (κ1) is 24.1. The molecule has 0 saturated carbocycles. The van der Waals surface area contributed by atoms with Gasteiger partial charge in [-0.1, -0.05) is 0 Å². The highest BCUT2D eigenvalue weighted by Crippen LogP contribution is 2.15. The molecule has 1 aromatic carbocycles. The van der Waals surface area contributed by atoms with Gasteiger partial charge in [0.1, 0.15) is 6.04 Å². The van der Waals surface area contributed by atoms with Crippen LogP contribution in [-0.4, -0.2) is 64.7 Å². The van der Waals surface area contributed by atoms with Gasteiger partial charge in [-0.25, -0.2) is 19.6 Å². The van der Waals surface area contributed by atoms with E-state index in [0.29, 0.717) is 11.4 Å². The molecule has 0 radical (unpaired) electrons. The molecule has 0 bridgehead atoms. The van der Waals surface area contributed by atoms with E-state index in [1.165, 1.54) is 18.3 Å². The number of aliphatic hydroxyl groups is 1. The summed E-state index contributed by atoms with van der Waals surface area (Å²) in [5, 5.41) is 33.3. The molecule has 2 aromatic heterocycles. The Morgan fingerprint density at radius 2 is 1.85 bits per heavy atom. The number of aromatic amines is 1. The summed E-state index contributed by atoms with van der Waals surface area (Å²) in [5.41, 5.74) is 3.93. The number of nitrogens with zero attached hydrogens (tertiary/aromatic N) is 3. The van der Waals surface area contributed by atoms with E-state index in [0.717, 1.165) is 6.92 Å². The van der Waals surface area contributed by atoms with Crippen molar-refractivity contribution >= 4 is 40.6 Å². The Bertz CT molecular complexity index is 1300. The van der Waals surface area contributed by atoms with Crippen LogP contribution < -0.4 is 21.9 Å². The number of amides is 1. The summed E-state index contributed by atoms with van der Waals surface area (Å²) < 4.78 is 0. The van der Waals surface area contributed by atoms with E-state index in [9.17, 15) is 29.4 Å². The summed E-state index contributed by atoms with van der Waals surface area (Å²) in [4.78, 5) is 61.3. The molecule has 3 rings (SSSR count). The lowest BCUT2D eigenvalue weighted by Gasteiger charge is -2.23. The van der Waals surface area contributed by atoms with Crippen molar-refractivity contribution in [3.05, 3.63) is 52.1 Å². The highest BCUT2D eigenvalue weighted by atomic mass is 16.4. The van der Waals surface area contributed by atoms with Crippen molar-refractivity contribution < 1.29 is 29.7 Å². The lowest BCUT2D eigenvalue weighted by atomic mass is 9.97. The molecule has 178 valence electrons. The molecule has 2 atom stereocenters. The zero-order valence-corrected chi connectivity index (χ0v) is 17.8. The van der Waals surface area contributed by atoms with Crippen LogP contribution in [0.15, 0.2) is 35.3 Å². The number of rotatable bonds is 9. The fraction of sp³-hybridized carbons (Fsp3) is 0.250. The van der Waals surface area contributed by atoms with E-state index >= 15 is 0 Å². The Hall–Kier alpha value is -4.59. The van der Waals surface area contributed by atoms with Crippen LogP contribution in [0.3, 0.4) is 0 Å². The number of carbonyl (C=O) groups is 3. The van der Waals surface area contributed by atoms with E-state index in [2.05, 4.69) is 30.6 Å². The SMILES string of the molecule is CC(O)(C[C@H](NC(=O)c1ccc(NCc2cnc3nc(N)[nH]c(=O)c3n2)cc1)C(=O)O)C(=O)O. The quantitative estimate of drug-likeness (QED) is 0.205. The number of anilines is 2. The molecule has 3 aromatic rings. The van der Waals surface area contributed by atoms with E-state index in [1.807, 2.05) is 0 Å². The summed E-state index contributed by atoms with van der Waals surface area (Å²) in [5.74, 6) is -3.92. The van der Waals surface area contributed by atoms with Gasteiger partial charge in [-0.3, -0.25) is 14.6 Å². The number of hydrogen-bond donors (Lipinski definition) is 7. The number of H-pyrrole nitrogens is 1. The number of hydrogen-bond acceptors (Lipinski definition) is 10. The predicted molar refractivity (Wildman–Crippen MR) is 118 cm³/mol. The van der Waals surface area contributed by atoms with Crippen LogP contribution in [0.2, 0.25) is 0 Å². The van der Waals surface area contributed by atoms with Crippen LogP contribution >= 0.6 is 0 Å². The summed E-state index contributed by atoms with van der Waals surface area (Å²) in [6.07, 6.45) is 0.710. The predicted octanol–water partition coefficient (Wildman–Crippen LogP) is -0.684. The van der Waals surface area contributed by atoms with Gasteiger partial charge in [-0.05, 0) is 31.2 Å². The molecule has 1 amide bonds. The highest BCUT2D eigenvalue weighted by molar-refractivity contribution is 5.97. The van der Waals surface area contributed by atoms with Crippen molar-refractivity contribution in [3.8, 4) is 0 Å². The fourth-order valence-electron chi connectivity index (χ4n) is 2.91. The van der Waals surface area contributed by atoms with Crippen LogP contribution in [0.25, 0.3) is 11.2 Å². The second-order valence-electron chi connectivity index (χ2n) is 7.56. The first-order valence-electron chi connectivity index (χ1n) is 9.81. The molecule has 0 aliphatic rings. The first-order chi connectivity index (χ1) is 16.0. The third kappa shape index (κ3) is 5.60. The lowest BCUT2D eigenvalue weighted by Crippen LogP contribution is -2.48. The number of carbonyl (C=O) groups excluding carboxylic acids is 1. The minimum absolute atomic E-state index is 0.0374. The molecule has 0 spiro atoms. The van der Waals surface area contributed by atoms with E-state index < -0.39 is 41.5 Å². The zero-order chi connectivity index (χ0) is 25.0. The molecule has 0 aliphatic heterocycles. The molecule has 0 fully saturated rings. The monoisotopic (exact) mass is 471 g/mol. The average molecular weight is 471 g/mol. The van der Waals surface area contributed by atoms with Gasteiger partial charge in [-0.15, -0.1) is 0 Å². The molecule has 14 heteroatoms. The third-order valence-corrected chi connectivity index (χ3v) is 4.77. The molecular formula is C20H21N7O7. The van der Waals surface area contributed by atoms with E-state index in [-0.39, 0.29) is 29.2 Å². The normalized spacial score (nSPS) is 13.6. The molecule has 14 nitrogen and oxygen atoms in total. The number of carboxylic acid groups (broad SMARTS) is 2. The molecule has 8 N–H and O–H groups in total. The Morgan fingerprint density at radius 3 is 2.47 bits per heavy atom. The van der Waals surface area contributed by atoms with Gasteiger partial charge in [0.2, 0.25) is 5.95 Å². The second kappa shape index (κ2) is 9.50. The van der Waals surface area contributed by atoms with Crippen LogP contribution in [0.1, 0.15) is 29.4 Å². The minimum Gasteiger partial charge on any atom is -0.480 e. The Balaban J connectivity index is 1.64. The maximum Gasteiger partial charge on any atom is 0.335 e. The van der Waals surface area contributed by atoms with E-state index in [1.54, 1.807) is 12.1 Å². The summed E-state index contributed by atoms with van der Waals surface area (Å²) in [7, 11) is 0. The third-order valence-electron chi connectivity index (χ3n) is 4.77. The Kier molecular flexibility index (Phi) is 6.72. The number of nitrogens with two attached hydrogens (primary N) is 1. The number of aromatic nitrogens is 4. The van der Waals surface area contributed by atoms with Crippen LogP contribution in [0, 0.1) is 0 Å². The van der Waals surface area contributed by atoms with Crippen molar-refractivity contribution in [1.82, 2.24) is 25.3 Å². The summed E-state index contributed by atoms with van der Waals surface area (Å²) in [6.45, 7) is 1.14. The smallest absolute Gasteiger partial charge is 0.335 e. The first-order valence-corrected chi connectivity index (χ1v) is 9.81. The van der Waals surface area contributed by atoms with Crippen LogP contribution in [-0.2, 0) is 16.1 Å².